The number of aliphatic hydroxyl groups excluding tert-OH is 1. The quantitative estimate of drug-likeness (QED) is 0.599. The first-order chi connectivity index (χ1) is 4.72. The smallest absolute Gasteiger partial charge is 0.0698 e. The van der Waals surface area contributed by atoms with Crippen molar-refractivity contribution < 1.29 is 5.11 Å². The molecule has 0 saturated heterocycles. The Morgan fingerprint density at radius 3 is 2.80 bits per heavy atom. The molecule has 2 atom stereocenters. The third kappa shape index (κ3) is 3.26. The van der Waals surface area contributed by atoms with E-state index in [-0.39, 0.29) is 5.92 Å². The Morgan fingerprint density at radius 1 is 1.80 bits per heavy atom. The molecule has 0 aliphatic carbocycles. The van der Waals surface area contributed by atoms with Crippen LogP contribution in [0.1, 0.15) is 19.8 Å². The van der Waals surface area contributed by atoms with Gasteiger partial charge in [-0.2, -0.15) is 5.26 Å². The second-order valence-corrected chi connectivity index (χ2v) is 2.35. The minimum atomic E-state index is -0.497. The Morgan fingerprint density at radius 2 is 2.40 bits per heavy atom. The lowest BCUT2D eigenvalue weighted by atomic mass is 10.0. The minimum Gasteiger partial charge on any atom is -0.392 e. The number of nitrogens with zero attached hydrogens (tertiary/aromatic N) is 1. The van der Waals surface area contributed by atoms with Gasteiger partial charge in [-0.3, -0.25) is 0 Å². The Labute approximate surface area is 61.8 Å². The summed E-state index contributed by atoms with van der Waals surface area (Å²) in [6.07, 6.45) is 2.65. The zero-order chi connectivity index (χ0) is 7.98. The van der Waals surface area contributed by atoms with Crippen molar-refractivity contribution in [3.8, 4) is 6.07 Å². The van der Waals surface area contributed by atoms with Crippen LogP contribution >= 0.6 is 0 Å². The lowest BCUT2D eigenvalue weighted by Gasteiger charge is -2.09. The van der Waals surface area contributed by atoms with Gasteiger partial charge in [-0.25, -0.2) is 0 Å². The Balaban J connectivity index is 3.52. The second kappa shape index (κ2) is 5.01. The van der Waals surface area contributed by atoms with Crippen LogP contribution in [-0.4, -0.2) is 11.2 Å². The van der Waals surface area contributed by atoms with E-state index < -0.39 is 6.10 Å². The second-order valence-electron chi connectivity index (χ2n) is 2.35. The van der Waals surface area contributed by atoms with E-state index in [2.05, 4.69) is 6.58 Å². The summed E-state index contributed by atoms with van der Waals surface area (Å²) in [6.45, 7) is 5.24. The van der Waals surface area contributed by atoms with E-state index >= 15 is 0 Å². The molecule has 0 radical (unpaired) electrons. The van der Waals surface area contributed by atoms with Gasteiger partial charge < -0.3 is 5.11 Å². The zero-order valence-electron chi connectivity index (χ0n) is 6.25. The van der Waals surface area contributed by atoms with Crippen LogP contribution in [-0.2, 0) is 0 Å². The molecule has 0 unspecified atom stereocenters. The molecule has 0 aliphatic heterocycles. The van der Waals surface area contributed by atoms with Crippen molar-refractivity contribution in [1.29, 1.82) is 5.26 Å². The van der Waals surface area contributed by atoms with Crippen molar-refractivity contribution in [2.75, 3.05) is 0 Å². The largest absolute Gasteiger partial charge is 0.392 e. The molecular weight excluding hydrogens is 126 g/mol. The lowest BCUT2D eigenvalue weighted by molar-refractivity contribution is 0.132. The Kier molecular flexibility index (Phi) is 4.61. The zero-order valence-corrected chi connectivity index (χ0v) is 6.25. The summed E-state index contributed by atoms with van der Waals surface area (Å²) >= 11 is 0. The van der Waals surface area contributed by atoms with Crippen LogP contribution in [0.3, 0.4) is 0 Å². The molecule has 0 fully saturated rings. The average Bonchev–Trinajstić information content (AvgIpc) is 1.98. The summed E-state index contributed by atoms with van der Waals surface area (Å²) in [7, 11) is 0. The molecule has 10 heavy (non-hydrogen) atoms. The minimum absolute atomic E-state index is 0.264. The van der Waals surface area contributed by atoms with E-state index in [1.807, 2.05) is 6.07 Å². The highest BCUT2D eigenvalue weighted by Crippen LogP contribution is 2.07. The highest BCUT2D eigenvalue weighted by molar-refractivity contribution is 4.85. The maximum absolute atomic E-state index is 9.18. The Bertz CT molecular complexity index is 137. The van der Waals surface area contributed by atoms with Crippen LogP contribution in [0.15, 0.2) is 12.7 Å². The van der Waals surface area contributed by atoms with Crippen LogP contribution in [0.5, 0.6) is 0 Å². The van der Waals surface area contributed by atoms with Crippen molar-refractivity contribution in [2.24, 2.45) is 5.92 Å². The molecule has 0 amide bonds. The van der Waals surface area contributed by atoms with Crippen LogP contribution in [0.2, 0.25) is 0 Å². The highest BCUT2D eigenvalue weighted by Gasteiger charge is 2.10. The molecule has 0 heterocycles. The van der Waals surface area contributed by atoms with Crippen molar-refractivity contribution in [3.05, 3.63) is 12.7 Å². The fourth-order valence-corrected chi connectivity index (χ4v) is 0.625. The van der Waals surface area contributed by atoms with Gasteiger partial charge in [0.15, 0.2) is 0 Å². The van der Waals surface area contributed by atoms with Gasteiger partial charge in [0.2, 0.25) is 0 Å². The van der Waals surface area contributed by atoms with Crippen LogP contribution in [0.25, 0.3) is 0 Å². The number of nitriles is 1. The molecule has 0 aromatic heterocycles. The predicted octanol–water partition coefficient (Wildman–Crippen LogP) is 1.47. The topological polar surface area (TPSA) is 44.0 Å². The number of hydrogen-bond donors (Lipinski definition) is 1. The highest BCUT2D eigenvalue weighted by atomic mass is 16.3. The van der Waals surface area contributed by atoms with Crippen molar-refractivity contribution in [3.63, 3.8) is 0 Å². The monoisotopic (exact) mass is 139 g/mol. The SMILES string of the molecule is C=CCC[C@@H](O)[C@@H](C)C#N. The Hall–Kier alpha value is -0.810. The number of aliphatic hydroxyl groups is 1. The summed E-state index contributed by atoms with van der Waals surface area (Å²) < 4.78 is 0. The maximum Gasteiger partial charge on any atom is 0.0698 e. The van der Waals surface area contributed by atoms with E-state index in [1.165, 1.54) is 0 Å². The summed E-state index contributed by atoms with van der Waals surface area (Å²) in [4.78, 5) is 0. The van der Waals surface area contributed by atoms with Gasteiger partial charge in [0.1, 0.15) is 0 Å². The first-order valence-electron chi connectivity index (χ1n) is 3.41. The average molecular weight is 139 g/mol. The van der Waals surface area contributed by atoms with Crippen LogP contribution in [0.4, 0.5) is 0 Å². The fourth-order valence-electron chi connectivity index (χ4n) is 0.625. The van der Waals surface area contributed by atoms with Gasteiger partial charge in [-0.05, 0) is 19.8 Å². The van der Waals surface area contributed by atoms with Crippen LogP contribution < -0.4 is 0 Å². The molecule has 0 aliphatic rings. The van der Waals surface area contributed by atoms with Crippen LogP contribution in [0, 0.1) is 17.2 Å². The summed E-state index contributed by atoms with van der Waals surface area (Å²) in [5, 5.41) is 17.5. The van der Waals surface area contributed by atoms with Gasteiger partial charge in [-0.15, -0.1) is 6.58 Å². The molecule has 1 N–H and O–H groups in total. The molecule has 2 heteroatoms. The van der Waals surface area contributed by atoms with Crippen molar-refractivity contribution in [1.82, 2.24) is 0 Å². The van der Waals surface area contributed by atoms with Gasteiger partial charge in [0, 0.05) is 0 Å². The fraction of sp³-hybridized carbons (Fsp3) is 0.625. The molecule has 0 aromatic carbocycles. The first-order valence-corrected chi connectivity index (χ1v) is 3.41. The van der Waals surface area contributed by atoms with Crippen molar-refractivity contribution >= 4 is 0 Å². The van der Waals surface area contributed by atoms with Gasteiger partial charge >= 0.3 is 0 Å². The molecular formula is C8H13NO. The summed E-state index contributed by atoms with van der Waals surface area (Å²) in [5.74, 6) is -0.264. The molecule has 0 aromatic rings. The molecule has 0 saturated carbocycles. The van der Waals surface area contributed by atoms with Crippen molar-refractivity contribution in [2.45, 2.75) is 25.9 Å². The molecule has 0 rings (SSSR count). The molecule has 2 nitrogen and oxygen atoms in total. The summed E-state index contributed by atoms with van der Waals surface area (Å²) in [5.41, 5.74) is 0. The van der Waals surface area contributed by atoms with Gasteiger partial charge in [0.05, 0.1) is 18.1 Å². The standard InChI is InChI=1S/C8H13NO/c1-3-4-5-8(10)7(2)6-9/h3,7-8,10H,1,4-5H2,2H3/t7-,8+/m0/s1. The van der Waals surface area contributed by atoms with E-state index in [4.69, 9.17) is 5.26 Å². The van der Waals surface area contributed by atoms with Gasteiger partial charge in [-0.1, -0.05) is 6.08 Å². The van der Waals surface area contributed by atoms with E-state index in [0.29, 0.717) is 6.42 Å². The molecule has 0 bridgehead atoms. The van der Waals surface area contributed by atoms with E-state index in [1.54, 1.807) is 13.0 Å². The van der Waals surface area contributed by atoms with Gasteiger partial charge in [0.25, 0.3) is 0 Å². The number of allylic oxidation sites excluding steroid dienone is 1. The van der Waals surface area contributed by atoms with E-state index in [0.717, 1.165) is 6.42 Å². The predicted molar refractivity (Wildman–Crippen MR) is 40.2 cm³/mol. The van der Waals surface area contributed by atoms with E-state index in [9.17, 15) is 5.11 Å². The number of hydrogen-bond acceptors (Lipinski definition) is 2. The first kappa shape index (κ1) is 9.19. The molecule has 0 spiro atoms. The number of rotatable bonds is 4. The normalized spacial score (nSPS) is 15.3. The third-order valence-corrected chi connectivity index (χ3v) is 1.45. The summed E-state index contributed by atoms with van der Waals surface area (Å²) in [6, 6.07) is 1.99. The maximum atomic E-state index is 9.18. The lowest BCUT2D eigenvalue weighted by Crippen LogP contribution is -2.15. The third-order valence-electron chi connectivity index (χ3n) is 1.45. The molecule has 56 valence electrons.